The maximum atomic E-state index is 12.8. The van der Waals surface area contributed by atoms with E-state index in [4.69, 9.17) is 4.74 Å². The molecule has 1 unspecified atom stereocenters. The lowest BCUT2D eigenvalue weighted by molar-refractivity contribution is -0.242. The van der Waals surface area contributed by atoms with E-state index in [0.29, 0.717) is 24.2 Å². The van der Waals surface area contributed by atoms with Crippen LogP contribution >= 0.6 is 0 Å². The number of aliphatic hydroxyl groups is 1. The third-order valence-corrected chi connectivity index (χ3v) is 3.09. The van der Waals surface area contributed by atoms with Crippen LogP contribution in [0.3, 0.4) is 0 Å². The highest BCUT2D eigenvalue weighted by atomic mass is 19.4. The van der Waals surface area contributed by atoms with E-state index >= 15 is 0 Å². The summed E-state index contributed by atoms with van der Waals surface area (Å²) in [5.74, 6) is 4.17. The van der Waals surface area contributed by atoms with Gasteiger partial charge in [0.1, 0.15) is 5.75 Å². The second-order valence-electron chi connectivity index (χ2n) is 4.52. The maximum absolute atomic E-state index is 12.8. The van der Waals surface area contributed by atoms with Gasteiger partial charge in [0.25, 0.3) is 0 Å². The van der Waals surface area contributed by atoms with Crippen molar-refractivity contribution in [2.45, 2.75) is 24.6 Å². The quantitative estimate of drug-likeness (QED) is 0.837. The zero-order valence-electron chi connectivity index (χ0n) is 10.3. The fourth-order valence-corrected chi connectivity index (χ4v) is 1.75. The Morgan fingerprint density at radius 2 is 1.79 bits per heavy atom. The summed E-state index contributed by atoms with van der Waals surface area (Å²) in [5.41, 5.74) is -2.49. The minimum atomic E-state index is -4.73. The van der Waals surface area contributed by atoms with Crippen LogP contribution in [-0.4, -0.2) is 24.0 Å². The Morgan fingerprint density at radius 1 is 1.21 bits per heavy atom. The SMILES string of the molecule is COc1ccc(C#CC(O)(C2CC2)C(F)(F)F)cc1. The normalized spacial score (nSPS) is 18.2. The predicted molar refractivity (Wildman–Crippen MR) is 63.6 cm³/mol. The van der Waals surface area contributed by atoms with Gasteiger partial charge in [0.2, 0.25) is 5.60 Å². The van der Waals surface area contributed by atoms with Gasteiger partial charge in [0.05, 0.1) is 7.11 Å². The van der Waals surface area contributed by atoms with Gasteiger partial charge in [-0.25, -0.2) is 0 Å². The number of hydrogen-bond donors (Lipinski definition) is 1. The molecule has 1 atom stereocenters. The molecule has 1 aliphatic carbocycles. The molecule has 2 nitrogen and oxygen atoms in total. The molecule has 1 saturated carbocycles. The molecule has 1 aromatic carbocycles. The number of hydrogen-bond acceptors (Lipinski definition) is 2. The van der Waals surface area contributed by atoms with Crippen molar-refractivity contribution in [2.75, 3.05) is 7.11 Å². The second kappa shape index (κ2) is 4.78. The van der Waals surface area contributed by atoms with Gasteiger partial charge in [-0.15, -0.1) is 0 Å². The molecule has 102 valence electrons. The van der Waals surface area contributed by atoms with Gasteiger partial charge in [-0.2, -0.15) is 13.2 Å². The summed E-state index contributed by atoms with van der Waals surface area (Å²) in [6, 6.07) is 6.31. The van der Waals surface area contributed by atoms with E-state index in [1.54, 1.807) is 24.3 Å². The summed E-state index contributed by atoms with van der Waals surface area (Å²) in [6.45, 7) is 0. The molecule has 19 heavy (non-hydrogen) atoms. The Balaban J connectivity index is 2.25. The van der Waals surface area contributed by atoms with Crippen LogP contribution in [0.4, 0.5) is 13.2 Å². The van der Waals surface area contributed by atoms with Crippen LogP contribution in [0, 0.1) is 17.8 Å². The third-order valence-electron chi connectivity index (χ3n) is 3.09. The molecule has 0 radical (unpaired) electrons. The highest BCUT2D eigenvalue weighted by molar-refractivity contribution is 5.40. The minimum Gasteiger partial charge on any atom is -0.497 e. The lowest BCUT2D eigenvalue weighted by Gasteiger charge is -2.24. The molecule has 0 aliphatic heterocycles. The molecule has 1 fully saturated rings. The number of alkyl halides is 3. The number of rotatable bonds is 2. The Hall–Kier alpha value is -1.67. The summed E-state index contributed by atoms with van der Waals surface area (Å²) in [5, 5.41) is 9.73. The lowest BCUT2D eigenvalue weighted by Crippen LogP contribution is -2.46. The number of halogens is 3. The summed E-state index contributed by atoms with van der Waals surface area (Å²) >= 11 is 0. The molecule has 5 heteroatoms. The zero-order chi connectivity index (χ0) is 14.1. The van der Waals surface area contributed by atoms with Gasteiger partial charge < -0.3 is 9.84 Å². The van der Waals surface area contributed by atoms with Crippen LogP contribution in [0.5, 0.6) is 5.75 Å². The van der Waals surface area contributed by atoms with Crippen molar-refractivity contribution in [2.24, 2.45) is 5.92 Å². The van der Waals surface area contributed by atoms with Crippen LogP contribution in [0.1, 0.15) is 18.4 Å². The smallest absolute Gasteiger partial charge is 0.428 e. The van der Waals surface area contributed by atoms with Gasteiger partial charge in [-0.05, 0) is 37.1 Å². The average molecular weight is 270 g/mol. The Bertz CT molecular complexity index is 506. The largest absolute Gasteiger partial charge is 0.497 e. The maximum Gasteiger partial charge on any atom is 0.428 e. The summed E-state index contributed by atoms with van der Waals surface area (Å²) in [4.78, 5) is 0. The van der Waals surface area contributed by atoms with Gasteiger partial charge in [0.15, 0.2) is 0 Å². The Morgan fingerprint density at radius 3 is 2.21 bits per heavy atom. The van der Waals surface area contributed by atoms with Gasteiger partial charge in [-0.1, -0.05) is 11.8 Å². The van der Waals surface area contributed by atoms with Crippen molar-refractivity contribution in [3.63, 3.8) is 0 Å². The van der Waals surface area contributed by atoms with Crippen LogP contribution < -0.4 is 4.74 Å². The molecule has 0 heterocycles. The fraction of sp³-hybridized carbons (Fsp3) is 0.429. The van der Waals surface area contributed by atoms with Gasteiger partial charge in [-0.3, -0.25) is 0 Å². The van der Waals surface area contributed by atoms with Crippen molar-refractivity contribution in [3.05, 3.63) is 29.8 Å². The standard InChI is InChI=1S/C14H13F3O2/c1-19-12-6-2-10(3-7-12)8-9-13(18,11-4-5-11)14(15,16)17/h2-3,6-7,11,18H,4-5H2,1H3. The monoisotopic (exact) mass is 270 g/mol. The highest BCUT2D eigenvalue weighted by Crippen LogP contribution is 2.47. The second-order valence-corrected chi connectivity index (χ2v) is 4.52. The molecule has 1 aliphatic rings. The van der Waals surface area contributed by atoms with Crippen LogP contribution in [0.15, 0.2) is 24.3 Å². The van der Waals surface area contributed by atoms with Crippen molar-refractivity contribution < 1.29 is 23.0 Å². The molecule has 0 bridgehead atoms. The first-order valence-electron chi connectivity index (χ1n) is 5.83. The number of benzene rings is 1. The van der Waals surface area contributed by atoms with E-state index in [2.05, 4.69) is 5.92 Å². The van der Waals surface area contributed by atoms with Crippen molar-refractivity contribution in [1.29, 1.82) is 0 Å². The average Bonchev–Trinajstić information content (AvgIpc) is 3.19. The van der Waals surface area contributed by atoms with E-state index in [1.807, 2.05) is 5.92 Å². The summed E-state index contributed by atoms with van der Waals surface area (Å²) in [7, 11) is 1.50. The Kier molecular flexibility index (Phi) is 3.46. The van der Waals surface area contributed by atoms with E-state index in [0.717, 1.165) is 0 Å². The predicted octanol–water partition coefficient (Wildman–Crippen LogP) is 2.75. The molecular weight excluding hydrogens is 257 g/mol. The van der Waals surface area contributed by atoms with Gasteiger partial charge in [0, 0.05) is 11.5 Å². The third kappa shape index (κ3) is 2.85. The van der Waals surface area contributed by atoms with Crippen molar-refractivity contribution in [3.8, 4) is 17.6 Å². The molecule has 0 aromatic heterocycles. The summed E-state index contributed by atoms with van der Waals surface area (Å²) in [6.07, 6.45) is -4.02. The molecule has 0 saturated heterocycles. The topological polar surface area (TPSA) is 29.5 Å². The molecule has 2 rings (SSSR count). The van der Waals surface area contributed by atoms with Crippen molar-refractivity contribution in [1.82, 2.24) is 0 Å². The number of ether oxygens (including phenoxy) is 1. The molecule has 0 amide bonds. The number of methoxy groups -OCH3 is 1. The first kappa shape index (κ1) is 13.8. The van der Waals surface area contributed by atoms with E-state index in [-0.39, 0.29) is 0 Å². The Labute approximate surface area is 109 Å². The minimum absolute atomic E-state index is 0.354. The molecular formula is C14H13F3O2. The zero-order valence-corrected chi connectivity index (χ0v) is 10.3. The van der Waals surface area contributed by atoms with Gasteiger partial charge >= 0.3 is 6.18 Å². The highest BCUT2D eigenvalue weighted by Gasteiger charge is 2.61. The van der Waals surface area contributed by atoms with Crippen LogP contribution in [0.25, 0.3) is 0 Å². The molecule has 0 spiro atoms. The van der Waals surface area contributed by atoms with E-state index in [9.17, 15) is 18.3 Å². The molecule has 1 N–H and O–H groups in total. The first-order chi connectivity index (χ1) is 8.87. The van der Waals surface area contributed by atoms with Crippen molar-refractivity contribution >= 4 is 0 Å². The summed E-state index contributed by atoms with van der Waals surface area (Å²) < 4.78 is 43.5. The van der Waals surface area contributed by atoms with E-state index in [1.165, 1.54) is 7.11 Å². The fourth-order valence-electron chi connectivity index (χ4n) is 1.75. The van der Waals surface area contributed by atoms with E-state index < -0.39 is 17.7 Å². The van der Waals surface area contributed by atoms with Crippen LogP contribution in [0.2, 0.25) is 0 Å². The first-order valence-corrected chi connectivity index (χ1v) is 5.83. The molecule has 1 aromatic rings. The van der Waals surface area contributed by atoms with Crippen LogP contribution in [-0.2, 0) is 0 Å². The lowest BCUT2D eigenvalue weighted by atomic mass is 9.97.